The van der Waals surface area contributed by atoms with Crippen LogP contribution in [0, 0.1) is 5.92 Å². The Bertz CT molecular complexity index is 686. The molecule has 2 unspecified atom stereocenters. The molecular weight excluding hydrogens is 368 g/mol. The van der Waals surface area contributed by atoms with Gasteiger partial charge < -0.3 is 25.0 Å². The van der Waals surface area contributed by atoms with E-state index in [1.54, 1.807) is 14.2 Å². The number of benzene rings is 1. The topological polar surface area (TPSA) is 75.2 Å². The van der Waals surface area contributed by atoms with Gasteiger partial charge in [-0.2, -0.15) is 0 Å². The summed E-state index contributed by atoms with van der Waals surface area (Å²) in [7, 11) is 3.41. The largest absolute Gasteiger partial charge is 0.497 e. The van der Waals surface area contributed by atoms with Crippen molar-refractivity contribution in [1.82, 2.24) is 15.5 Å². The standard InChI is InChI=1S/C22H34N4O3/c1-16(29-20-10-8-19(28-3)9-11-20)14-24-22(23-2)25-18-12-13-26(15-18)21(27)17-6-4-5-7-17/h8-11,16-18H,4-7,12-15H2,1-3H3,(H2,23,24,25). The second kappa shape index (κ2) is 10.4. The van der Waals surface area contributed by atoms with Gasteiger partial charge in [0.15, 0.2) is 5.96 Å². The summed E-state index contributed by atoms with van der Waals surface area (Å²) in [6.07, 6.45) is 5.44. The zero-order valence-electron chi connectivity index (χ0n) is 17.8. The van der Waals surface area contributed by atoms with Crippen molar-refractivity contribution >= 4 is 11.9 Å². The van der Waals surface area contributed by atoms with E-state index in [0.29, 0.717) is 12.5 Å². The zero-order valence-corrected chi connectivity index (χ0v) is 17.8. The van der Waals surface area contributed by atoms with Gasteiger partial charge in [-0.3, -0.25) is 9.79 Å². The first kappa shape index (κ1) is 21.3. The summed E-state index contributed by atoms with van der Waals surface area (Å²) in [4.78, 5) is 18.9. The van der Waals surface area contributed by atoms with Gasteiger partial charge in [-0.1, -0.05) is 12.8 Å². The van der Waals surface area contributed by atoms with E-state index in [2.05, 4.69) is 15.6 Å². The number of nitrogens with zero attached hydrogens (tertiary/aromatic N) is 2. The molecule has 7 nitrogen and oxygen atoms in total. The van der Waals surface area contributed by atoms with E-state index in [-0.39, 0.29) is 18.1 Å². The van der Waals surface area contributed by atoms with Crippen molar-refractivity contribution in [2.75, 3.05) is 33.8 Å². The Morgan fingerprint density at radius 2 is 1.90 bits per heavy atom. The number of amides is 1. The van der Waals surface area contributed by atoms with E-state index < -0.39 is 0 Å². The zero-order chi connectivity index (χ0) is 20.6. The highest BCUT2D eigenvalue weighted by Gasteiger charge is 2.32. The average molecular weight is 403 g/mol. The lowest BCUT2D eigenvalue weighted by atomic mass is 10.1. The number of methoxy groups -OCH3 is 1. The predicted molar refractivity (Wildman–Crippen MR) is 115 cm³/mol. The van der Waals surface area contributed by atoms with Gasteiger partial charge in [0.05, 0.1) is 13.7 Å². The molecule has 29 heavy (non-hydrogen) atoms. The lowest BCUT2D eigenvalue weighted by molar-refractivity contribution is -0.134. The average Bonchev–Trinajstić information content (AvgIpc) is 3.43. The SMILES string of the molecule is CN=C(NCC(C)Oc1ccc(OC)cc1)NC1CCN(C(=O)C2CCCC2)C1. The second-order valence-electron chi connectivity index (χ2n) is 7.95. The molecule has 2 fully saturated rings. The third-order valence-corrected chi connectivity index (χ3v) is 5.72. The Morgan fingerprint density at radius 3 is 2.55 bits per heavy atom. The number of aliphatic imine (C=N–C) groups is 1. The first-order chi connectivity index (χ1) is 14.1. The lowest BCUT2D eigenvalue weighted by Gasteiger charge is -2.22. The van der Waals surface area contributed by atoms with Crippen LogP contribution in [0.4, 0.5) is 0 Å². The summed E-state index contributed by atoms with van der Waals surface area (Å²) in [5, 5.41) is 6.77. The Hall–Kier alpha value is -2.44. The van der Waals surface area contributed by atoms with Crippen LogP contribution in [0.1, 0.15) is 39.0 Å². The van der Waals surface area contributed by atoms with Crippen LogP contribution in [0.15, 0.2) is 29.3 Å². The number of carbonyl (C=O) groups excluding carboxylic acids is 1. The molecule has 3 rings (SSSR count). The molecule has 7 heteroatoms. The highest BCUT2D eigenvalue weighted by Crippen LogP contribution is 2.27. The number of carbonyl (C=O) groups is 1. The van der Waals surface area contributed by atoms with Crippen molar-refractivity contribution in [3.8, 4) is 11.5 Å². The third kappa shape index (κ3) is 6.02. The molecule has 1 aliphatic carbocycles. The summed E-state index contributed by atoms with van der Waals surface area (Å²) >= 11 is 0. The van der Waals surface area contributed by atoms with Gasteiger partial charge >= 0.3 is 0 Å². The van der Waals surface area contributed by atoms with Crippen molar-refractivity contribution in [1.29, 1.82) is 0 Å². The summed E-state index contributed by atoms with van der Waals surface area (Å²) < 4.78 is 11.1. The van der Waals surface area contributed by atoms with Crippen LogP contribution in [-0.4, -0.2) is 62.7 Å². The molecule has 160 valence electrons. The fraction of sp³-hybridized carbons (Fsp3) is 0.636. The maximum Gasteiger partial charge on any atom is 0.225 e. The lowest BCUT2D eigenvalue weighted by Crippen LogP contribution is -2.47. The summed E-state index contributed by atoms with van der Waals surface area (Å²) in [5.74, 6) is 2.96. The van der Waals surface area contributed by atoms with Crippen LogP contribution < -0.4 is 20.1 Å². The monoisotopic (exact) mass is 402 g/mol. The highest BCUT2D eigenvalue weighted by atomic mass is 16.5. The van der Waals surface area contributed by atoms with Crippen LogP contribution in [0.5, 0.6) is 11.5 Å². The van der Waals surface area contributed by atoms with Crippen molar-refractivity contribution < 1.29 is 14.3 Å². The van der Waals surface area contributed by atoms with Gasteiger partial charge in [-0.25, -0.2) is 0 Å². The predicted octanol–water partition coefficient (Wildman–Crippen LogP) is 2.42. The number of ether oxygens (including phenoxy) is 2. The molecule has 1 amide bonds. The van der Waals surface area contributed by atoms with E-state index in [1.165, 1.54) is 12.8 Å². The number of likely N-dealkylation sites (tertiary alicyclic amines) is 1. The smallest absolute Gasteiger partial charge is 0.225 e. The molecular formula is C22H34N4O3. The van der Waals surface area contributed by atoms with Crippen molar-refractivity contribution in [3.63, 3.8) is 0 Å². The maximum absolute atomic E-state index is 12.6. The molecule has 2 aliphatic rings. The Kier molecular flexibility index (Phi) is 7.61. The molecule has 2 N–H and O–H groups in total. The van der Waals surface area contributed by atoms with Crippen LogP contribution in [0.2, 0.25) is 0 Å². The second-order valence-corrected chi connectivity index (χ2v) is 7.95. The normalized spacial score (nSPS) is 21.1. The Balaban J connectivity index is 1.40. The number of rotatable bonds is 7. The molecule has 1 saturated carbocycles. The number of nitrogens with one attached hydrogen (secondary N) is 2. The molecule has 1 aromatic rings. The quantitative estimate of drug-likeness (QED) is 0.541. The van der Waals surface area contributed by atoms with E-state index in [0.717, 1.165) is 49.8 Å². The molecule has 1 heterocycles. The third-order valence-electron chi connectivity index (χ3n) is 5.72. The summed E-state index contributed by atoms with van der Waals surface area (Å²) in [5.41, 5.74) is 0. The Morgan fingerprint density at radius 1 is 1.21 bits per heavy atom. The summed E-state index contributed by atoms with van der Waals surface area (Å²) in [6, 6.07) is 7.81. The molecule has 0 bridgehead atoms. The Labute approximate surface area is 173 Å². The highest BCUT2D eigenvalue weighted by molar-refractivity contribution is 5.81. The molecule has 1 aromatic carbocycles. The first-order valence-electron chi connectivity index (χ1n) is 10.7. The molecule has 1 saturated heterocycles. The van der Waals surface area contributed by atoms with E-state index in [1.807, 2.05) is 36.1 Å². The fourth-order valence-corrected chi connectivity index (χ4v) is 4.07. The molecule has 0 radical (unpaired) electrons. The summed E-state index contributed by atoms with van der Waals surface area (Å²) in [6.45, 7) is 4.24. The fourth-order valence-electron chi connectivity index (χ4n) is 4.07. The number of guanidine groups is 1. The van der Waals surface area contributed by atoms with E-state index >= 15 is 0 Å². The minimum atomic E-state index is -0.0223. The van der Waals surface area contributed by atoms with Crippen molar-refractivity contribution in [2.24, 2.45) is 10.9 Å². The van der Waals surface area contributed by atoms with Gasteiger partial charge in [0.1, 0.15) is 17.6 Å². The molecule has 0 spiro atoms. The minimum absolute atomic E-state index is 0.0223. The molecule has 0 aromatic heterocycles. The number of hydrogen-bond donors (Lipinski definition) is 2. The van der Waals surface area contributed by atoms with Gasteiger partial charge in [-0.15, -0.1) is 0 Å². The first-order valence-corrected chi connectivity index (χ1v) is 10.7. The van der Waals surface area contributed by atoms with Gasteiger partial charge in [0.25, 0.3) is 0 Å². The van der Waals surface area contributed by atoms with Crippen LogP contribution in [-0.2, 0) is 4.79 Å². The number of hydrogen-bond acceptors (Lipinski definition) is 4. The van der Waals surface area contributed by atoms with Crippen LogP contribution in [0.3, 0.4) is 0 Å². The van der Waals surface area contributed by atoms with E-state index in [9.17, 15) is 4.79 Å². The van der Waals surface area contributed by atoms with E-state index in [4.69, 9.17) is 9.47 Å². The van der Waals surface area contributed by atoms with Gasteiger partial charge in [0, 0.05) is 32.1 Å². The minimum Gasteiger partial charge on any atom is -0.497 e. The molecule has 2 atom stereocenters. The van der Waals surface area contributed by atoms with Crippen molar-refractivity contribution in [3.05, 3.63) is 24.3 Å². The molecule has 1 aliphatic heterocycles. The van der Waals surface area contributed by atoms with Crippen LogP contribution >= 0.6 is 0 Å². The van der Waals surface area contributed by atoms with Crippen molar-refractivity contribution in [2.45, 2.75) is 51.2 Å². The maximum atomic E-state index is 12.6. The van der Waals surface area contributed by atoms with Gasteiger partial charge in [-0.05, 0) is 50.5 Å². The van der Waals surface area contributed by atoms with Gasteiger partial charge in [0.2, 0.25) is 5.91 Å². The van der Waals surface area contributed by atoms with Crippen LogP contribution in [0.25, 0.3) is 0 Å².